The maximum Gasteiger partial charge on any atom is -0.00206 e. The summed E-state index contributed by atoms with van der Waals surface area (Å²) in [5, 5.41) is 40.2. The van der Waals surface area contributed by atoms with Crippen LogP contribution in [-0.2, 0) is 0 Å². The van der Waals surface area contributed by atoms with E-state index in [4.69, 9.17) is 0 Å². The van der Waals surface area contributed by atoms with Gasteiger partial charge in [0.2, 0.25) is 0 Å². The van der Waals surface area contributed by atoms with Gasteiger partial charge in [0.25, 0.3) is 0 Å². The fraction of sp³-hybridized carbons (Fsp3) is 0.0420. The highest BCUT2D eigenvalue weighted by atomic mass is 14.2. The molecule has 0 spiro atoms. The first-order valence-electron chi connectivity index (χ1n) is 41.6. The van der Waals surface area contributed by atoms with Gasteiger partial charge >= 0.3 is 0 Å². The summed E-state index contributed by atoms with van der Waals surface area (Å²) in [6, 6.07) is 153. The smallest absolute Gasteiger partial charge is 0.00206 e. The maximum absolute atomic E-state index is 2.35. The highest BCUT2D eigenvalue weighted by molar-refractivity contribution is 6.30. The zero-order valence-corrected chi connectivity index (χ0v) is 67.3. The summed E-state index contributed by atoms with van der Waals surface area (Å²) in [6.45, 7) is 10.8. The van der Waals surface area contributed by atoms with Crippen molar-refractivity contribution in [1.82, 2.24) is 0 Å². The number of benzene rings is 25. The summed E-state index contributed by atoms with van der Waals surface area (Å²) in [4.78, 5) is 0. The minimum Gasteiger partial charge on any atom is -0.0620 e. The summed E-state index contributed by atoms with van der Waals surface area (Å²) < 4.78 is 0. The summed E-state index contributed by atoms with van der Waals surface area (Å²) in [6.07, 6.45) is 0. The van der Waals surface area contributed by atoms with Gasteiger partial charge in [-0.1, -0.05) is 423 Å². The molecule has 0 N–H and O–H groups in total. The van der Waals surface area contributed by atoms with Crippen molar-refractivity contribution in [2.24, 2.45) is 0 Å². The van der Waals surface area contributed by atoms with Crippen LogP contribution < -0.4 is 0 Å². The second-order valence-electron chi connectivity index (χ2n) is 32.3. The van der Waals surface area contributed by atoms with E-state index in [9.17, 15) is 0 Å². The largest absolute Gasteiger partial charge is 0.0620 e. The first-order valence-corrected chi connectivity index (χ1v) is 41.6. The number of hydrogen-bond acceptors (Lipinski definition) is 0. The van der Waals surface area contributed by atoms with Gasteiger partial charge in [-0.15, -0.1) is 0 Å². The van der Waals surface area contributed by atoms with E-state index in [1.165, 1.54) is 245 Å². The van der Waals surface area contributed by atoms with Gasteiger partial charge < -0.3 is 0 Å². The Hall–Kier alpha value is -14.8. The molecule has 25 aromatic rings. The minimum atomic E-state index is 1.27. The molecule has 0 nitrogen and oxygen atoms in total. The summed E-state index contributed by atoms with van der Waals surface area (Å²) in [5.41, 5.74) is 19.5. The Morgan fingerprint density at radius 2 is 0.378 bits per heavy atom. The molecule has 119 heavy (non-hydrogen) atoms. The second-order valence-corrected chi connectivity index (χ2v) is 32.3. The van der Waals surface area contributed by atoms with Crippen LogP contribution >= 0.6 is 0 Å². The van der Waals surface area contributed by atoms with E-state index < -0.39 is 0 Å². The molecule has 560 valence electrons. The van der Waals surface area contributed by atoms with Crippen LogP contribution in [0, 0.1) is 34.6 Å². The fourth-order valence-corrected chi connectivity index (χ4v) is 19.2. The first-order chi connectivity index (χ1) is 58.6. The first kappa shape index (κ1) is 71.9. The molecule has 0 aliphatic carbocycles. The Bertz CT molecular complexity index is 8100. The van der Waals surface area contributed by atoms with E-state index in [1.54, 1.807) is 0 Å². The van der Waals surface area contributed by atoms with E-state index in [0.717, 1.165) is 0 Å². The van der Waals surface area contributed by atoms with Gasteiger partial charge in [-0.25, -0.2) is 0 Å². The van der Waals surface area contributed by atoms with Crippen LogP contribution in [0.15, 0.2) is 419 Å². The van der Waals surface area contributed by atoms with Crippen LogP contribution in [-0.4, -0.2) is 0 Å². The van der Waals surface area contributed by atoms with Crippen LogP contribution in [0.5, 0.6) is 0 Å². The van der Waals surface area contributed by atoms with Crippen LogP contribution in [0.3, 0.4) is 0 Å². The number of hydrogen-bond donors (Lipinski definition) is 0. The predicted molar refractivity (Wildman–Crippen MR) is 519 cm³/mol. The zero-order chi connectivity index (χ0) is 79.8. The summed E-state index contributed by atoms with van der Waals surface area (Å²) in [7, 11) is 0. The lowest BCUT2D eigenvalue weighted by Crippen LogP contribution is -1.88. The molecule has 0 saturated heterocycles. The average Bonchev–Trinajstić information content (AvgIpc) is 0.749. The quantitative estimate of drug-likeness (QED) is 0.151. The minimum absolute atomic E-state index is 1.27. The van der Waals surface area contributed by atoms with Gasteiger partial charge in [0, 0.05) is 0 Å². The molecule has 25 rings (SSSR count). The van der Waals surface area contributed by atoms with Crippen molar-refractivity contribution in [2.45, 2.75) is 34.6 Å². The number of aryl methyl sites for hydroxylation is 5. The third kappa shape index (κ3) is 12.9. The molecule has 0 saturated carbocycles. The van der Waals surface area contributed by atoms with Gasteiger partial charge in [-0.05, 0) is 275 Å². The van der Waals surface area contributed by atoms with Crippen molar-refractivity contribution < 1.29 is 0 Å². The molecular formula is C119H84. The molecule has 0 heterocycles. The van der Waals surface area contributed by atoms with Gasteiger partial charge in [-0.2, -0.15) is 0 Å². The van der Waals surface area contributed by atoms with Gasteiger partial charge in [-0.3, -0.25) is 0 Å². The average molecular weight is 1510 g/mol. The van der Waals surface area contributed by atoms with Crippen LogP contribution in [0.4, 0.5) is 0 Å². The molecule has 0 atom stereocenters. The fourth-order valence-electron chi connectivity index (χ4n) is 19.2. The molecular weight excluding hydrogens is 1430 g/mol. The van der Waals surface area contributed by atoms with Crippen molar-refractivity contribution in [3.63, 3.8) is 0 Å². The Labute approximate surface area is 693 Å². The molecule has 0 bridgehead atoms. The van der Waals surface area contributed by atoms with Gasteiger partial charge in [0.15, 0.2) is 0 Å². The molecule has 0 fully saturated rings. The topological polar surface area (TPSA) is 0 Å². The summed E-state index contributed by atoms with van der Waals surface area (Å²) >= 11 is 0. The molecule has 0 aliphatic rings. The molecule has 0 unspecified atom stereocenters. The second kappa shape index (κ2) is 30.1. The Morgan fingerprint density at radius 1 is 0.118 bits per heavy atom. The van der Waals surface area contributed by atoms with Crippen LogP contribution in [0.1, 0.15) is 27.8 Å². The van der Waals surface area contributed by atoms with E-state index in [1.807, 2.05) is 0 Å². The van der Waals surface area contributed by atoms with Crippen molar-refractivity contribution in [3.8, 4) is 55.6 Å². The van der Waals surface area contributed by atoms with Crippen molar-refractivity contribution in [1.29, 1.82) is 0 Å². The third-order valence-corrected chi connectivity index (χ3v) is 25.0. The highest BCUT2D eigenvalue weighted by Crippen LogP contribution is 2.46. The van der Waals surface area contributed by atoms with Gasteiger partial charge in [0.1, 0.15) is 0 Å². The van der Waals surface area contributed by atoms with E-state index in [0.29, 0.717) is 0 Å². The van der Waals surface area contributed by atoms with Crippen molar-refractivity contribution in [2.75, 3.05) is 0 Å². The number of fused-ring (bicyclic) bond motifs is 12. The van der Waals surface area contributed by atoms with Crippen LogP contribution in [0.25, 0.3) is 217 Å². The monoisotopic (exact) mass is 1510 g/mol. The highest BCUT2D eigenvalue weighted by Gasteiger charge is 2.18. The molecule has 25 aromatic carbocycles. The lowest BCUT2D eigenvalue weighted by Gasteiger charge is -2.15. The Morgan fingerprint density at radius 3 is 0.790 bits per heavy atom. The SMILES string of the molecule is Cc1ccc(-c2ccc3ccc4cccc5ccc2c3c45)cc1.Cc1cccc(-c2ccc3c4ccccc4c4ccccc4c3c2)c1.Cc1cccc(-c2ccc3ccc4cccc5ccc2c3c45)c1.Cc1ccccc1-c1ccc2c3ccccc3c3ccccc3c2c1.Cc1ccccc1-c1ccc2ccc3cccc4ccc1c2c34. The van der Waals surface area contributed by atoms with Gasteiger partial charge in [0.05, 0.1) is 0 Å². The molecule has 0 radical (unpaired) electrons. The molecule has 0 amide bonds. The predicted octanol–water partition coefficient (Wildman–Crippen LogP) is 33.9. The molecule has 0 heteroatoms. The normalized spacial score (nSPS) is 11.6. The van der Waals surface area contributed by atoms with E-state index in [2.05, 4.69) is 453 Å². The van der Waals surface area contributed by atoms with Crippen molar-refractivity contribution >= 4 is 162 Å². The lowest BCUT2D eigenvalue weighted by molar-refractivity contribution is 1.46. The van der Waals surface area contributed by atoms with E-state index >= 15 is 0 Å². The van der Waals surface area contributed by atoms with E-state index in [-0.39, 0.29) is 0 Å². The summed E-state index contributed by atoms with van der Waals surface area (Å²) in [5.74, 6) is 0. The molecule has 0 aromatic heterocycles. The standard InChI is InChI=1S/2C25H18.3C23H16/c1-17-7-6-8-18(15-17)19-13-14-24-22-11-3-2-9-20(22)21-10-4-5-12-23(21)25(24)16-19;1-17-8-2-3-9-19(17)18-14-15-24-22-12-5-4-10-20(22)21-11-6-7-13-23(21)25(24)16-18;1-15-4-2-7-19(14-15)20-12-10-18-9-8-16-5-3-6-17-11-13-21(20)23(18)22(16)17;1-15-5-2-3-8-19(15)20-13-11-18-10-9-16-6-4-7-17-12-14-21(20)23(18)22(16)17;1-15-5-7-16(8-6-15)20-13-11-19-10-9-17-3-2-4-18-12-14-21(20)23(19)22(17)18/h2*2-16H,1H3;3*2-14H,1H3. The molecule has 0 aliphatic heterocycles. The third-order valence-electron chi connectivity index (χ3n) is 25.0. The lowest BCUT2D eigenvalue weighted by atomic mass is 9.89. The number of rotatable bonds is 5. The Balaban J connectivity index is 0.0000000923. The van der Waals surface area contributed by atoms with Crippen LogP contribution in [0.2, 0.25) is 0 Å². The maximum atomic E-state index is 2.35. The zero-order valence-electron chi connectivity index (χ0n) is 67.3. The Kier molecular flexibility index (Phi) is 18.2. The van der Waals surface area contributed by atoms with Crippen molar-refractivity contribution in [3.05, 3.63) is 446 Å².